The van der Waals surface area contributed by atoms with Crippen LogP contribution in [0.2, 0.25) is 0 Å². The quantitative estimate of drug-likeness (QED) is 0.245. The Kier molecular flexibility index (Phi) is 8.05. The van der Waals surface area contributed by atoms with Gasteiger partial charge in [-0.2, -0.15) is 0 Å². The van der Waals surface area contributed by atoms with E-state index in [9.17, 15) is 19.3 Å². The van der Waals surface area contributed by atoms with Crippen molar-refractivity contribution in [2.24, 2.45) is 0 Å². The molecule has 3 rings (SSSR count). The van der Waals surface area contributed by atoms with Crippen molar-refractivity contribution in [3.63, 3.8) is 0 Å². The van der Waals surface area contributed by atoms with Crippen molar-refractivity contribution in [3.05, 3.63) is 64.2 Å². The summed E-state index contributed by atoms with van der Waals surface area (Å²) in [5.74, 6) is 0.303. The second-order valence-electron chi connectivity index (χ2n) is 7.47. The molecule has 1 unspecified atom stereocenters. The van der Waals surface area contributed by atoms with Gasteiger partial charge in [-0.3, -0.25) is 14.9 Å². The van der Waals surface area contributed by atoms with E-state index in [1.165, 1.54) is 0 Å². The van der Waals surface area contributed by atoms with Crippen LogP contribution in [0.3, 0.4) is 0 Å². The molecule has 0 saturated heterocycles. The summed E-state index contributed by atoms with van der Waals surface area (Å²) in [5, 5.41) is 22.2. The molecule has 1 N–H and O–H groups in total. The number of anilines is 1. The Morgan fingerprint density at radius 3 is 2.56 bits per heavy atom. The van der Waals surface area contributed by atoms with Crippen LogP contribution in [0.5, 0.6) is 11.5 Å². The number of rotatable bonds is 10. The smallest absolute Gasteiger partial charge is 0.271 e. The number of aromatic nitrogens is 3. The summed E-state index contributed by atoms with van der Waals surface area (Å²) >= 11 is 1.11. The zero-order valence-corrected chi connectivity index (χ0v) is 19.8. The summed E-state index contributed by atoms with van der Waals surface area (Å²) in [7, 11) is 1.56. The van der Waals surface area contributed by atoms with Crippen molar-refractivity contribution >= 4 is 29.0 Å². The first kappa shape index (κ1) is 25.0. The number of non-ortho nitro benzene ring substituents is 1. The summed E-state index contributed by atoms with van der Waals surface area (Å²) in [5.41, 5.74) is -0.581. The molecule has 1 atom stereocenters. The Balaban J connectivity index is 1.72. The van der Waals surface area contributed by atoms with Crippen LogP contribution < -0.4 is 14.8 Å². The molecule has 3 aromatic rings. The molecule has 34 heavy (non-hydrogen) atoms. The van der Waals surface area contributed by atoms with Gasteiger partial charge in [0.15, 0.2) is 28.6 Å². The third-order valence-corrected chi connectivity index (χ3v) is 5.65. The van der Waals surface area contributed by atoms with E-state index in [0.717, 1.165) is 30.0 Å². The SMILES string of the molecule is COc1ccccc1OC(C)c1nnc(SCC(=O)Nc2cc([N+](=O)[O-])ccc2F)n1C(C)C. The lowest BCUT2D eigenvalue weighted by Gasteiger charge is -2.19. The summed E-state index contributed by atoms with van der Waals surface area (Å²) < 4.78 is 27.2. The van der Waals surface area contributed by atoms with Gasteiger partial charge in [-0.05, 0) is 39.0 Å². The second-order valence-corrected chi connectivity index (χ2v) is 8.42. The Morgan fingerprint density at radius 2 is 1.91 bits per heavy atom. The standard InChI is InChI=1S/C22H24FN5O5S/c1-13(2)27-21(14(3)33-19-8-6-5-7-18(19)32-4)25-26-22(27)34-12-20(29)24-17-11-15(28(30)31)9-10-16(17)23/h5-11,13-14H,12H2,1-4H3,(H,24,29). The van der Waals surface area contributed by atoms with Crippen LogP contribution in [-0.4, -0.2) is 38.5 Å². The minimum atomic E-state index is -0.765. The van der Waals surface area contributed by atoms with Crippen LogP contribution in [0.25, 0.3) is 0 Å². The Morgan fingerprint density at radius 1 is 1.21 bits per heavy atom. The van der Waals surface area contributed by atoms with Gasteiger partial charge in [0.2, 0.25) is 5.91 Å². The molecule has 0 aliphatic rings. The minimum Gasteiger partial charge on any atom is -0.493 e. The topological polar surface area (TPSA) is 121 Å². The van der Waals surface area contributed by atoms with Gasteiger partial charge in [-0.15, -0.1) is 10.2 Å². The highest BCUT2D eigenvalue weighted by Gasteiger charge is 2.23. The maximum Gasteiger partial charge on any atom is 0.271 e. The molecule has 2 aromatic carbocycles. The molecular weight excluding hydrogens is 465 g/mol. The number of hydrogen-bond acceptors (Lipinski definition) is 8. The first-order valence-corrected chi connectivity index (χ1v) is 11.3. The van der Waals surface area contributed by atoms with Crippen LogP contribution in [0.1, 0.15) is 38.7 Å². The molecule has 0 aliphatic heterocycles. The molecule has 0 radical (unpaired) electrons. The van der Waals surface area contributed by atoms with E-state index in [0.29, 0.717) is 22.5 Å². The van der Waals surface area contributed by atoms with Crippen molar-refractivity contribution < 1.29 is 23.6 Å². The average molecular weight is 490 g/mol. The molecule has 0 saturated carbocycles. The number of benzene rings is 2. The number of methoxy groups -OCH3 is 1. The molecule has 1 heterocycles. The summed E-state index contributed by atoms with van der Waals surface area (Å²) in [4.78, 5) is 22.6. The molecule has 180 valence electrons. The van der Waals surface area contributed by atoms with E-state index in [4.69, 9.17) is 9.47 Å². The molecule has 0 fully saturated rings. The number of ether oxygens (including phenoxy) is 2. The van der Waals surface area contributed by atoms with E-state index in [1.54, 1.807) is 19.2 Å². The maximum absolute atomic E-state index is 14.0. The van der Waals surface area contributed by atoms with Crippen LogP contribution in [0.15, 0.2) is 47.6 Å². The molecule has 1 amide bonds. The van der Waals surface area contributed by atoms with Crippen LogP contribution in [0.4, 0.5) is 15.8 Å². The van der Waals surface area contributed by atoms with Crippen LogP contribution in [0, 0.1) is 15.9 Å². The average Bonchev–Trinajstić information content (AvgIpc) is 3.24. The number of carbonyl (C=O) groups is 1. The minimum absolute atomic E-state index is 0.0338. The number of nitro benzene ring substituents is 1. The van der Waals surface area contributed by atoms with Crippen molar-refractivity contribution in [1.29, 1.82) is 0 Å². The first-order valence-electron chi connectivity index (χ1n) is 10.3. The van der Waals surface area contributed by atoms with Gasteiger partial charge in [0, 0.05) is 18.2 Å². The zero-order chi connectivity index (χ0) is 24.8. The molecule has 0 aliphatic carbocycles. The van der Waals surface area contributed by atoms with Crippen LogP contribution >= 0.6 is 11.8 Å². The number of nitrogens with zero attached hydrogens (tertiary/aromatic N) is 4. The summed E-state index contributed by atoms with van der Waals surface area (Å²) in [6, 6.07) is 10.2. The fraction of sp³-hybridized carbons (Fsp3) is 0.318. The molecule has 0 spiro atoms. The highest BCUT2D eigenvalue weighted by atomic mass is 32.2. The third-order valence-electron chi connectivity index (χ3n) is 4.71. The van der Waals surface area contributed by atoms with Gasteiger partial charge in [0.1, 0.15) is 5.82 Å². The van der Waals surface area contributed by atoms with Crippen LogP contribution in [-0.2, 0) is 4.79 Å². The number of halogens is 1. The van der Waals surface area contributed by atoms with Crippen molar-refractivity contribution in [2.75, 3.05) is 18.2 Å². The number of nitro groups is 1. The summed E-state index contributed by atoms with van der Waals surface area (Å²) in [6.07, 6.45) is -0.464. The van der Waals surface area contributed by atoms with E-state index in [2.05, 4.69) is 15.5 Å². The van der Waals surface area contributed by atoms with E-state index < -0.39 is 22.8 Å². The van der Waals surface area contributed by atoms with Gasteiger partial charge in [-0.25, -0.2) is 4.39 Å². The normalized spacial score (nSPS) is 11.8. The summed E-state index contributed by atoms with van der Waals surface area (Å²) in [6.45, 7) is 5.73. The number of thioether (sulfide) groups is 1. The number of amides is 1. The van der Waals surface area contributed by atoms with E-state index >= 15 is 0 Å². The molecule has 1 aromatic heterocycles. The Bertz CT molecular complexity index is 1190. The van der Waals surface area contributed by atoms with Crippen molar-refractivity contribution in [3.8, 4) is 11.5 Å². The Hall–Kier alpha value is -3.67. The zero-order valence-electron chi connectivity index (χ0n) is 19.0. The van der Waals surface area contributed by atoms with E-state index in [-0.39, 0.29) is 23.2 Å². The number of nitrogens with one attached hydrogen (secondary N) is 1. The van der Waals surface area contributed by atoms with Gasteiger partial charge < -0.3 is 19.4 Å². The number of hydrogen-bond donors (Lipinski definition) is 1. The second kappa shape index (κ2) is 11.0. The molecular formula is C22H24FN5O5S. The molecule has 12 heteroatoms. The Labute approximate surface area is 199 Å². The van der Waals surface area contributed by atoms with Crippen molar-refractivity contribution in [1.82, 2.24) is 14.8 Å². The monoisotopic (exact) mass is 489 g/mol. The lowest BCUT2D eigenvalue weighted by atomic mass is 10.2. The maximum atomic E-state index is 14.0. The molecule has 10 nitrogen and oxygen atoms in total. The van der Waals surface area contributed by atoms with Gasteiger partial charge in [0.25, 0.3) is 5.69 Å². The highest BCUT2D eigenvalue weighted by molar-refractivity contribution is 7.99. The third kappa shape index (κ3) is 5.81. The first-order chi connectivity index (χ1) is 16.2. The van der Waals surface area contributed by atoms with Gasteiger partial charge >= 0.3 is 0 Å². The fourth-order valence-corrected chi connectivity index (χ4v) is 4.02. The van der Waals surface area contributed by atoms with E-state index in [1.807, 2.05) is 37.5 Å². The highest BCUT2D eigenvalue weighted by Crippen LogP contribution is 2.32. The fourth-order valence-electron chi connectivity index (χ4n) is 3.15. The largest absolute Gasteiger partial charge is 0.493 e. The van der Waals surface area contributed by atoms with Gasteiger partial charge in [-0.1, -0.05) is 23.9 Å². The van der Waals surface area contributed by atoms with Crippen molar-refractivity contribution in [2.45, 2.75) is 38.1 Å². The predicted molar refractivity (Wildman–Crippen MR) is 125 cm³/mol. The number of para-hydroxylation sites is 2. The number of carbonyl (C=O) groups excluding carboxylic acids is 1. The lowest BCUT2D eigenvalue weighted by molar-refractivity contribution is -0.384. The predicted octanol–water partition coefficient (Wildman–Crippen LogP) is 4.79. The lowest BCUT2D eigenvalue weighted by Crippen LogP contribution is -2.17. The van der Waals surface area contributed by atoms with Gasteiger partial charge in [0.05, 0.1) is 23.5 Å². The molecule has 0 bridgehead atoms.